The normalized spacial score (nSPS) is 13.3. The van der Waals surface area contributed by atoms with Crippen LogP contribution in [0.15, 0.2) is 36.4 Å². The molecule has 4 heteroatoms. The zero-order valence-electron chi connectivity index (χ0n) is 32.2. The molecule has 0 aromatic heterocycles. The van der Waals surface area contributed by atoms with E-state index in [1.54, 1.807) is 0 Å². The highest BCUT2D eigenvalue weighted by Gasteiger charge is 2.32. The van der Waals surface area contributed by atoms with Gasteiger partial charge in [0.15, 0.2) is 0 Å². The van der Waals surface area contributed by atoms with Crippen molar-refractivity contribution >= 4 is 23.2 Å². The minimum Gasteiger partial charge on any atom is -0.326 e. The van der Waals surface area contributed by atoms with Crippen molar-refractivity contribution in [3.8, 4) is 11.1 Å². The molecule has 0 atom stereocenters. The van der Waals surface area contributed by atoms with E-state index < -0.39 is 0 Å². The van der Waals surface area contributed by atoms with Crippen LogP contribution in [0.3, 0.4) is 0 Å². The summed E-state index contributed by atoms with van der Waals surface area (Å²) in [5.74, 6) is 2.38. The van der Waals surface area contributed by atoms with E-state index in [0.717, 1.165) is 23.7 Å². The van der Waals surface area contributed by atoms with Gasteiger partial charge in [-0.15, -0.1) is 0 Å². The lowest BCUT2D eigenvalue weighted by molar-refractivity contribution is -0.117. The van der Waals surface area contributed by atoms with Crippen LogP contribution in [-0.4, -0.2) is 11.8 Å². The quantitative estimate of drug-likeness (QED) is 0.269. The van der Waals surface area contributed by atoms with Crippen molar-refractivity contribution in [2.24, 2.45) is 39.9 Å². The summed E-state index contributed by atoms with van der Waals surface area (Å²) in [5, 5.41) is 6.13. The van der Waals surface area contributed by atoms with E-state index in [1.807, 2.05) is 12.1 Å². The molecular weight excluding hydrogens is 576 g/mol. The van der Waals surface area contributed by atoms with Crippen LogP contribution < -0.4 is 10.6 Å². The molecule has 266 valence electrons. The largest absolute Gasteiger partial charge is 0.326 e. The summed E-state index contributed by atoms with van der Waals surface area (Å²) in [7, 11) is 0. The second-order valence-electron chi connectivity index (χ2n) is 18.7. The first-order chi connectivity index (χ1) is 20.9. The number of carbonyl (C=O) groups is 2. The third-order valence-electron chi connectivity index (χ3n) is 8.55. The molecule has 0 saturated heterocycles. The van der Waals surface area contributed by atoms with E-state index in [2.05, 4.69) is 139 Å². The summed E-state index contributed by atoms with van der Waals surface area (Å²) in [4.78, 5) is 24.5. The van der Waals surface area contributed by atoms with Crippen LogP contribution in [0.4, 0.5) is 11.4 Å². The number of rotatable bonds is 10. The third-order valence-corrected chi connectivity index (χ3v) is 8.55. The Morgan fingerprint density at radius 3 is 1.26 bits per heavy atom. The third kappa shape index (κ3) is 14.6. The molecule has 47 heavy (non-hydrogen) atoms. The Balaban J connectivity index is 0.000000587. The van der Waals surface area contributed by atoms with Gasteiger partial charge in [-0.05, 0) is 106 Å². The monoisotopic (exact) mass is 649 g/mol. The molecule has 0 spiro atoms. The van der Waals surface area contributed by atoms with Gasteiger partial charge >= 0.3 is 0 Å². The first-order valence-electron chi connectivity index (χ1n) is 17.8. The predicted molar refractivity (Wildman–Crippen MR) is 207 cm³/mol. The molecule has 0 saturated carbocycles. The van der Waals surface area contributed by atoms with Crippen LogP contribution in [0, 0.1) is 39.9 Å². The van der Waals surface area contributed by atoms with Gasteiger partial charge in [-0.2, -0.15) is 0 Å². The average Bonchev–Trinajstić information content (AvgIpc) is 3.12. The van der Waals surface area contributed by atoms with Gasteiger partial charge in [0.25, 0.3) is 0 Å². The van der Waals surface area contributed by atoms with Crippen molar-refractivity contribution in [1.29, 1.82) is 0 Å². The van der Waals surface area contributed by atoms with Gasteiger partial charge in [0.1, 0.15) is 0 Å². The lowest BCUT2D eigenvalue weighted by Crippen LogP contribution is -2.29. The molecule has 0 unspecified atom stereocenters. The maximum atomic E-state index is 12.3. The molecule has 2 aromatic rings. The maximum absolute atomic E-state index is 12.3. The van der Waals surface area contributed by atoms with E-state index in [4.69, 9.17) is 0 Å². The molecule has 4 nitrogen and oxygen atoms in total. The van der Waals surface area contributed by atoms with E-state index >= 15 is 0 Å². The second kappa shape index (κ2) is 17.2. The lowest BCUT2D eigenvalue weighted by atomic mass is 9.66. The molecule has 0 aliphatic heterocycles. The Kier molecular flexibility index (Phi) is 15.5. The van der Waals surface area contributed by atoms with Gasteiger partial charge in [-0.1, -0.05) is 123 Å². The van der Waals surface area contributed by atoms with E-state index in [-0.39, 0.29) is 25.2 Å². The summed E-state index contributed by atoms with van der Waals surface area (Å²) in [5.41, 5.74) is 8.01. The van der Waals surface area contributed by atoms with Crippen LogP contribution in [0.5, 0.6) is 0 Å². The fraction of sp³-hybridized carbons (Fsp3) is 0.674. The highest BCUT2D eigenvalue weighted by molar-refractivity contribution is 5.94. The summed E-state index contributed by atoms with van der Waals surface area (Å²) in [6, 6.07) is 12.5. The molecule has 2 aromatic carbocycles. The number of hydrogen-bond donors (Lipinski definition) is 2. The van der Waals surface area contributed by atoms with Crippen molar-refractivity contribution < 1.29 is 9.59 Å². The van der Waals surface area contributed by atoms with Crippen molar-refractivity contribution in [2.75, 3.05) is 10.6 Å². The summed E-state index contributed by atoms with van der Waals surface area (Å²) < 4.78 is 0. The number of fused-ring (bicyclic) bond motifs is 3. The van der Waals surface area contributed by atoms with Crippen LogP contribution in [0.25, 0.3) is 11.1 Å². The predicted octanol–water partition coefficient (Wildman–Crippen LogP) is 13.0. The highest BCUT2D eigenvalue weighted by Crippen LogP contribution is 2.49. The zero-order chi connectivity index (χ0) is 35.2. The Bertz CT molecular complexity index is 1210. The average molecular weight is 649 g/mol. The first-order valence-corrected chi connectivity index (χ1v) is 17.8. The Morgan fingerprint density at radius 1 is 0.617 bits per heavy atom. The molecular formula is C43H72N2O2. The number of benzene rings is 2. The van der Waals surface area contributed by atoms with Gasteiger partial charge in [0, 0.05) is 30.1 Å². The first kappa shape index (κ1) is 42.4. The topological polar surface area (TPSA) is 58.2 Å². The fourth-order valence-electron chi connectivity index (χ4n) is 6.57. The van der Waals surface area contributed by atoms with Gasteiger partial charge in [-0.3, -0.25) is 9.59 Å². The van der Waals surface area contributed by atoms with Crippen molar-refractivity contribution in [3.05, 3.63) is 47.5 Å². The highest BCUT2D eigenvalue weighted by atomic mass is 16.2. The van der Waals surface area contributed by atoms with Gasteiger partial charge in [-0.25, -0.2) is 0 Å². The minimum atomic E-state index is 0. The van der Waals surface area contributed by atoms with Crippen molar-refractivity contribution in [2.45, 2.75) is 149 Å². The minimum absolute atomic E-state index is 0. The van der Waals surface area contributed by atoms with E-state index in [0.29, 0.717) is 46.8 Å². The lowest BCUT2D eigenvalue weighted by Gasteiger charge is -2.39. The SMILES string of the molecule is C.CC(C)(C)CC(CC(C)(C)C)C(C)(C)C.CC(C)CC(=O)Nc1ccc2c(c1)C(CC(C)C)c1cc(NC(=O)CC(C)C)ccc1-2. The molecule has 2 amide bonds. The molecule has 2 N–H and O–H groups in total. The molecule has 0 radical (unpaired) electrons. The number of hydrogen-bond acceptors (Lipinski definition) is 2. The fourth-order valence-corrected chi connectivity index (χ4v) is 6.57. The van der Waals surface area contributed by atoms with Gasteiger partial charge in [0.05, 0.1) is 0 Å². The van der Waals surface area contributed by atoms with Gasteiger partial charge < -0.3 is 10.6 Å². The van der Waals surface area contributed by atoms with Crippen molar-refractivity contribution in [1.82, 2.24) is 0 Å². The second-order valence-corrected chi connectivity index (χ2v) is 18.7. The standard InChI is InChI=1S/C27H36N2O2.C15H32.CH4/c1-16(2)11-23-24-14-19(28-26(30)12-17(3)4)7-9-21(24)22-10-8-20(15-25(22)23)29-27(31)13-18(5)6;1-13(2,3)10-12(15(7,8)9)11-14(4,5)6;/h7-10,14-18,23H,11-13H2,1-6H3,(H,28,30)(H,29,31);12H,10-11H2,1-9H3;1H4. The van der Waals surface area contributed by atoms with Gasteiger partial charge in [0.2, 0.25) is 11.8 Å². The molecule has 0 bridgehead atoms. The van der Waals surface area contributed by atoms with Crippen LogP contribution in [0.2, 0.25) is 0 Å². The Hall–Kier alpha value is -2.62. The van der Waals surface area contributed by atoms with Crippen molar-refractivity contribution in [3.63, 3.8) is 0 Å². The molecule has 0 heterocycles. The van der Waals surface area contributed by atoms with E-state index in [9.17, 15) is 9.59 Å². The maximum Gasteiger partial charge on any atom is 0.224 e. The molecule has 1 aliphatic carbocycles. The number of anilines is 2. The number of amides is 2. The molecule has 3 rings (SSSR count). The molecule has 0 fully saturated rings. The summed E-state index contributed by atoms with van der Waals surface area (Å²) >= 11 is 0. The zero-order valence-corrected chi connectivity index (χ0v) is 32.2. The summed E-state index contributed by atoms with van der Waals surface area (Å²) in [6.07, 6.45) is 4.71. The summed E-state index contributed by atoms with van der Waals surface area (Å²) in [6.45, 7) is 34.0. The number of nitrogens with one attached hydrogen (secondary N) is 2. The van der Waals surface area contributed by atoms with E-state index in [1.165, 1.54) is 35.1 Å². The Labute approximate surface area is 290 Å². The molecule has 1 aliphatic rings. The number of carbonyl (C=O) groups excluding carboxylic acids is 2. The Morgan fingerprint density at radius 2 is 0.979 bits per heavy atom. The van der Waals surface area contributed by atoms with Crippen LogP contribution in [0.1, 0.15) is 160 Å². The smallest absolute Gasteiger partial charge is 0.224 e. The van der Waals surface area contributed by atoms with Crippen LogP contribution >= 0.6 is 0 Å². The van der Waals surface area contributed by atoms with Crippen LogP contribution in [-0.2, 0) is 9.59 Å².